The Hall–Kier alpha value is -2.53. The lowest BCUT2D eigenvalue weighted by atomic mass is 9.76. The average Bonchev–Trinajstić information content (AvgIpc) is 2.96. The molecule has 1 saturated heterocycles. The number of aromatic nitrogens is 2. The van der Waals surface area contributed by atoms with Crippen molar-refractivity contribution in [1.29, 1.82) is 0 Å². The summed E-state index contributed by atoms with van der Waals surface area (Å²) >= 11 is 3.62. The van der Waals surface area contributed by atoms with Crippen LogP contribution in [0.15, 0.2) is 59.5 Å². The number of amides is 1. The molecule has 0 radical (unpaired) electrons. The van der Waals surface area contributed by atoms with Crippen LogP contribution >= 0.6 is 15.9 Å². The highest BCUT2D eigenvalue weighted by Crippen LogP contribution is 2.42. The van der Waals surface area contributed by atoms with Crippen LogP contribution in [-0.2, 0) is 24.1 Å². The van der Waals surface area contributed by atoms with E-state index < -0.39 is 0 Å². The number of aryl methyl sites for hydroxylation is 3. The van der Waals surface area contributed by atoms with Crippen molar-refractivity contribution < 1.29 is 4.79 Å². The quantitative estimate of drug-likeness (QED) is 0.503. The van der Waals surface area contributed by atoms with E-state index in [0.29, 0.717) is 18.3 Å². The number of carbonyl (C=O) groups is 1. The fourth-order valence-electron chi connectivity index (χ4n) is 5.39. The number of likely N-dealkylation sites (tertiary alicyclic amines) is 1. The number of halogens is 1. The van der Waals surface area contributed by atoms with Crippen LogP contribution < -0.4 is 0 Å². The molecule has 4 nitrogen and oxygen atoms in total. The number of hydrogen-bond acceptors (Lipinski definition) is 3. The van der Waals surface area contributed by atoms with Gasteiger partial charge >= 0.3 is 0 Å². The highest BCUT2D eigenvalue weighted by molar-refractivity contribution is 9.10. The van der Waals surface area contributed by atoms with Crippen LogP contribution in [-0.4, -0.2) is 33.9 Å². The topological polar surface area (TPSA) is 46.1 Å². The molecule has 1 fully saturated rings. The number of carbonyl (C=O) groups excluding carboxylic acids is 1. The number of fused-ring (bicyclic) bond motifs is 2. The molecule has 0 spiro atoms. The zero-order valence-electron chi connectivity index (χ0n) is 18.4. The Kier molecular flexibility index (Phi) is 6.09. The lowest BCUT2D eigenvalue weighted by Gasteiger charge is -2.37. The molecule has 2 aromatic heterocycles. The molecule has 1 unspecified atom stereocenters. The summed E-state index contributed by atoms with van der Waals surface area (Å²) in [6.07, 6.45) is 10.0. The maximum absolute atomic E-state index is 12.9. The Morgan fingerprint density at radius 1 is 1.06 bits per heavy atom. The van der Waals surface area contributed by atoms with Crippen molar-refractivity contribution in [1.82, 2.24) is 14.9 Å². The van der Waals surface area contributed by atoms with Crippen molar-refractivity contribution in [2.75, 3.05) is 13.1 Å². The molecule has 1 aliphatic heterocycles. The first-order valence-electron chi connectivity index (χ1n) is 11.5. The first-order chi connectivity index (χ1) is 15.6. The Bertz CT molecular complexity index is 1070. The Morgan fingerprint density at radius 2 is 1.81 bits per heavy atom. The highest BCUT2D eigenvalue weighted by Gasteiger charge is 2.34. The van der Waals surface area contributed by atoms with E-state index in [-0.39, 0.29) is 5.91 Å². The van der Waals surface area contributed by atoms with Gasteiger partial charge in [-0.1, -0.05) is 23.8 Å². The maximum Gasteiger partial charge on any atom is 0.226 e. The van der Waals surface area contributed by atoms with Crippen LogP contribution in [0.25, 0.3) is 0 Å². The summed E-state index contributed by atoms with van der Waals surface area (Å²) in [6, 6.07) is 13.0. The lowest BCUT2D eigenvalue weighted by Crippen LogP contribution is -2.40. The molecule has 1 amide bonds. The van der Waals surface area contributed by atoms with Gasteiger partial charge in [0.05, 0.1) is 12.1 Å². The molecule has 164 valence electrons. The molecule has 1 aliphatic carbocycles. The van der Waals surface area contributed by atoms with Crippen molar-refractivity contribution in [3.63, 3.8) is 0 Å². The number of benzene rings is 1. The second-order valence-corrected chi connectivity index (χ2v) is 10.0. The molecule has 5 heteroatoms. The van der Waals surface area contributed by atoms with Gasteiger partial charge in [0.15, 0.2) is 0 Å². The number of hydrogen-bond donors (Lipinski definition) is 0. The minimum Gasteiger partial charge on any atom is -0.342 e. The zero-order valence-corrected chi connectivity index (χ0v) is 20.0. The van der Waals surface area contributed by atoms with Gasteiger partial charge < -0.3 is 4.90 Å². The van der Waals surface area contributed by atoms with Gasteiger partial charge in [0.1, 0.15) is 0 Å². The lowest BCUT2D eigenvalue weighted by molar-refractivity contribution is -0.131. The fourth-order valence-corrected chi connectivity index (χ4v) is 5.77. The van der Waals surface area contributed by atoms with Crippen LogP contribution in [0.4, 0.5) is 0 Å². The summed E-state index contributed by atoms with van der Waals surface area (Å²) in [7, 11) is 0. The molecule has 2 aliphatic rings. The van der Waals surface area contributed by atoms with Crippen LogP contribution in [0.2, 0.25) is 0 Å². The Balaban J connectivity index is 1.38. The summed E-state index contributed by atoms with van der Waals surface area (Å²) in [6.45, 7) is 3.81. The van der Waals surface area contributed by atoms with Crippen molar-refractivity contribution in [3.8, 4) is 0 Å². The fraction of sp³-hybridized carbons (Fsp3) is 0.370. The molecule has 3 aromatic rings. The summed E-state index contributed by atoms with van der Waals surface area (Å²) in [4.78, 5) is 23.9. The van der Waals surface area contributed by atoms with E-state index in [1.54, 1.807) is 12.4 Å². The van der Waals surface area contributed by atoms with Gasteiger partial charge in [-0.15, -0.1) is 0 Å². The predicted octanol–water partition coefficient (Wildman–Crippen LogP) is 5.26. The second-order valence-electron chi connectivity index (χ2n) is 9.13. The van der Waals surface area contributed by atoms with E-state index >= 15 is 0 Å². The summed E-state index contributed by atoms with van der Waals surface area (Å²) in [5, 5.41) is 0. The third kappa shape index (κ3) is 4.36. The van der Waals surface area contributed by atoms with Crippen LogP contribution in [0.5, 0.6) is 0 Å². The standard InChI is InChI=1S/C27H28BrN3O/c1-18-2-5-24-21(14-18)3-4-22-16-23(28)17-30-27(22)26(24)20-8-12-31(13-9-20)25(32)15-19-6-10-29-11-7-19/h2,5-7,10-11,14,16-17,20,26H,3-4,8-9,12-13,15H2,1H3. The summed E-state index contributed by atoms with van der Waals surface area (Å²) < 4.78 is 1.05. The van der Waals surface area contributed by atoms with E-state index in [9.17, 15) is 4.79 Å². The van der Waals surface area contributed by atoms with Crippen molar-refractivity contribution in [3.05, 3.63) is 93.0 Å². The smallest absolute Gasteiger partial charge is 0.226 e. The summed E-state index contributed by atoms with van der Waals surface area (Å²) in [5.41, 5.74) is 7.83. The molecular weight excluding hydrogens is 462 g/mol. The first kappa shape index (κ1) is 21.3. The minimum atomic E-state index is 0.217. The Morgan fingerprint density at radius 3 is 2.59 bits per heavy atom. The normalized spacial score (nSPS) is 18.6. The number of pyridine rings is 2. The minimum absolute atomic E-state index is 0.217. The van der Waals surface area contributed by atoms with E-state index in [4.69, 9.17) is 4.98 Å². The van der Waals surface area contributed by atoms with Gasteiger partial charge in [-0.05, 0) is 94.9 Å². The van der Waals surface area contributed by atoms with Crippen molar-refractivity contribution in [2.45, 2.75) is 44.9 Å². The first-order valence-corrected chi connectivity index (χ1v) is 12.3. The molecule has 0 bridgehead atoms. The van der Waals surface area contributed by atoms with Crippen molar-refractivity contribution >= 4 is 21.8 Å². The van der Waals surface area contributed by atoms with Crippen LogP contribution in [0.1, 0.15) is 52.3 Å². The SMILES string of the molecule is Cc1ccc2c(c1)CCc1cc(Br)cnc1C2C1CCN(C(=O)Cc2ccncc2)CC1. The Labute approximate surface area is 198 Å². The van der Waals surface area contributed by atoms with Gasteiger partial charge in [0.25, 0.3) is 0 Å². The van der Waals surface area contributed by atoms with Gasteiger partial charge in [0.2, 0.25) is 5.91 Å². The number of rotatable bonds is 3. The largest absolute Gasteiger partial charge is 0.342 e. The highest BCUT2D eigenvalue weighted by atomic mass is 79.9. The molecular formula is C27H28BrN3O. The van der Waals surface area contributed by atoms with E-state index in [1.165, 1.54) is 27.9 Å². The molecule has 0 N–H and O–H groups in total. The van der Waals surface area contributed by atoms with E-state index in [2.05, 4.69) is 52.1 Å². The van der Waals surface area contributed by atoms with Gasteiger partial charge in [-0.2, -0.15) is 0 Å². The molecule has 1 aromatic carbocycles. The summed E-state index contributed by atoms with van der Waals surface area (Å²) in [5.74, 6) is 1.01. The molecule has 32 heavy (non-hydrogen) atoms. The molecule has 3 heterocycles. The van der Waals surface area contributed by atoms with E-state index in [0.717, 1.165) is 48.8 Å². The average molecular weight is 490 g/mol. The third-order valence-electron chi connectivity index (χ3n) is 7.03. The molecule has 1 atom stereocenters. The number of nitrogens with zero attached hydrogens (tertiary/aromatic N) is 3. The molecule has 0 saturated carbocycles. The van der Waals surface area contributed by atoms with Gasteiger partial charge in [0, 0.05) is 42.1 Å². The predicted molar refractivity (Wildman–Crippen MR) is 130 cm³/mol. The van der Waals surface area contributed by atoms with Gasteiger partial charge in [-0.3, -0.25) is 14.8 Å². The molecule has 5 rings (SSSR count). The number of piperidine rings is 1. The monoisotopic (exact) mass is 489 g/mol. The van der Waals surface area contributed by atoms with Crippen LogP contribution in [0.3, 0.4) is 0 Å². The van der Waals surface area contributed by atoms with Crippen LogP contribution in [0, 0.1) is 12.8 Å². The van der Waals surface area contributed by atoms with Gasteiger partial charge in [-0.25, -0.2) is 0 Å². The van der Waals surface area contributed by atoms with Crippen molar-refractivity contribution in [2.24, 2.45) is 5.92 Å². The van der Waals surface area contributed by atoms with E-state index in [1.807, 2.05) is 23.2 Å². The third-order valence-corrected chi connectivity index (χ3v) is 7.46. The maximum atomic E-state index is 12.9. The second kappa shape index (κ2) is 9.14. The zero-order chi connectivity index (χ0) is 22.1.